The summed E-state index contributed by atoms with van der Waals surface area (Å²) in [5, 5.41) is 3.41. The third-order valence-corrected chi connectivity index (χ3v) is 3.95. The van der Waals surface area contributed by atoms with Crippen LogP contribution >= 0.6 is 12.6 Å². The summed E-state index contributed by atoms with van der Waals surface area (Å²) in [5.74, 6) is 2.02. The molecule has 1 aliphatic rings. The second-order valence-electron chi connectivity index (χ2n) is 5.18. The first-order valence-corrected chi connectivity index (χ1v) is 7.88. The fraction of sp³-hybridized carbons (Fsp3) is 1.00. The number of hydrogen-bond donors (Lipinski definition) is 2. The van der Waals surface area contributed by atoms with Gasteiger partial charge in [0.25, 0.3) is 0 Å². The summed E-state index contributed by atoms with van der Waals surface area (Å²) >= 11 is 4.18. The smallest absolute Gasteiger partial charge is 0.00397 e. The van der Waals surface area contributed by atoms with Crippen LogP contribution in [0.5, 0.6) is 0 Å². The Balaban J connectivity index is 1.86. The number of rotatable bonds is 8. The van der Waals surface area contributed by atoms with Gasteiger partial charge in [0, 0.05) is 12.3 Å². The third kappa shape index (κ3) is 7.56. The molecule has 0 amide bonds. The highest BCUT2D eigenvalue weighted by Crippen LogP contribution is 2.26. The van der Waals surface area contributed by atoms with Crippen LogP contribution in [0.3, 0.4) is 0 Å². The molecule has 1 saturated carbocycles. The standard InChI is InChI=1S/C14H29NS/c16-13-12-15-11-7-3-6-10-14-8-4-1-2-5-9-14/h14-16H,1-13H2. The van der Waals surface area contributed by atoms with Gasteiger partial charge in [0.15, 0.2) is 0 Å². The molecule has 1 nitrogen and oxygen atoms in total. The molecular weight excluding hydrogens is 214 g/mol. The van der Waals surface area contributed by atoms with Crippen molar-refractivity contribution >= 4 is 12.6 Å². The van der Waals surface area contributed by atoms with Gasteiger partial charge in [0.2, 0.25) is 0 Å². The van der Waals surface area contributed by atoms with Crippen LogP contribution in [0.25, 0.3) is 0 Å². The average molecular weight is 243 g/mol. The van der Waals surface area contributed by atoms with E-state index in [1.165, 1.54) is 70.8 Å². The van der Waals surface area contributed by atoms with Crippen LogP contribution < -0.4 is 5.32 Å². The number of hydrogen-bond acceptors (Lipinski definition) is 2. The van der Waals surface area contributed by atoms with Crippen molar-refractivity contribution < 1.29 is 0 Å². The lowest BCUT2D eigenvalue weighted by atomic mass is 9.94. The molecule has 0 radical (unpaired) electrons. The lowest BCUT2D eigenvalue weighted by molar-refractivity contribution is 0.406. The molecule has 1 rings (SSSR count). The molecule has 0 spiro atoms. The number of nitrogens with one attached hydrogen (secondary N) is 1. The first-order valence-electron chi connectivity index (χ1n) is 7.25. The molecule has 96 valence electrons. The lowest BCUT2D eigenvalue weighted by Gasteiger charge is -2.13. The number of unbranched alkanes of at least 4 members (excludes halogenated alkanes) is 2. The molecule has 0 aromatic carbocycles. The van der Waals surface area contributed by atoms with Crippen LogP contribution in [-0.4, -0.2) is 18.8 Å². The second-order valence-corrected chi connectivity index (χ2v) is 5.63. The normalized spacial score (nSPS) is 18.6. The molecule has 2 heteroatoms. The molecule has 0 atom stereocenters. The molecular formula is C14H29NS. The summed E-state index contributed by atoms with van der Waals surface area (Å²) < 4.78 is 0. The molecule has 0 heterocycles. The van der Waals surface area contributed by atoms with E-state index >= 15 is 0 Å². The van der Waals surface area contributed by atoms with E-state index in [1.807, 2.05) is 0 Å². The van der Waals surface area contributed by atoms with E-state index in [0.717, 1.165) is 18.2 Å². The quantitative estimate of drug-likeness (QED) is 0.372. The Hall–Kier alpha value is 0.310. The van der Waals surface area contributed by atoms with Gasteiger partial charge >= 0.3 is 0 Å². The predicted octanol–water partition coefficient (Wildman–Crippen LogP) is 4.04. The van der Waals surface area contributed by atoms with Gasteiger partial charge in [-0.05, 0) is 18.9 Å². The van der Waals surface area contributed by atoms with Crippen molar-refractivity contribution in [2.24, 2.45) is 5.92 Å². The van der Waals surface area contributed by atoms with Gasteiger partial charge in [0.05, 0.1) is 0 Å². The van der Waals surface area contributed by atoms with Gasteiger partial charge in [-0.25, -0.2) is 0 Å². The Kier molecular flexibility index (Phi) is 9.40. The molecule has 0 aromatic rings. The van der Waals surface area contributed by atoms with Gasteiger partial charge in [-0.1, -0.05) is 57.8 Å². The Morgan fingerprint density at radius 2 is 1.62 bits per heavy atom. The molecule has 0 bridgehead atoms. The van der Waals surface area contributed by atoms with Crippen LogP contribution in [0.15, 0.2) is 0 Å². The average Bonchev–Trinajstić information content (AvgIpc) is 2.56. The summed E-state index contributed by atoms with van der Waals surface area (Å²) in [6, 6.07) is 0. The minimum Gasteiger partial charge on any atom is -0.316 e. The van der Waals surface area contributed by atoms with E-state index < -0.39 is 0 Å². The van der Waals surface area contributed by atoms with Crippen molar-refractivity contribution in [2.45, 2.75) is 64.2 Å². The van der Waals surface area contributed by atoms with Crippen molar-refractivity contribution in [2.75, 3.05) is 18.8 Å². The predicted molar refractivity (Wildman–Crippen MR) is 76.4 cm³/mol. The fourth-order valence-corrected chi connectivity index (χ4v) is 2.87. The zero-order valence-electron chi connectivity index (χ0n) is 10.7. The lowest BCUT2D eigenvalue weighted by Crippen LogP contribution is -2.17. The van der Waals surface area contributed by atoms with E-state index in [0.29, 0.717) is 0 Å². The first-order chi connectivity index (χ1) is 7.93. The minimum atomic E-state index is 0.960. The van der Waals surface area contributed by atoms with Crippen LogP contribution in [0.2, 0.25) is 0 Å². The van der Waals surface area contributed by atoms with Gasteiger partial charge in [-0.3, -0.25) is 0 Å². The highest BCUT2D eigenvalue weighted by Gasteiger charge is 2.11. The van der Waals surface area contributed by atoms with Crippen molar-refractivity contribution in [3.63, 3.8) is 0 Å². The van der Waals surface area contributed by atoms with E-state index in [4.69, 9.17) is 0 Å². The van der Waals surface area contributed by atoms with Crippen molar-refractivity contribution in [1.82, 2.24) is 5.32 Å². The first kappa shape index (κ1) is 14.4. The van der Waals surface area contributed by atoms with E-state index in [2.05, 4.69) is 17.9 Å². The van der Waals surface area contributed by atoms with Crippen LogP contribution in [0.1, 0.15) is 64.2 Å². The monoisotopic (exact) mass is 243 g/mol. The van der Waals surface area contributed by atoms with Gasteiger partial charge in [-0.2, -0.15) is 12.6 Å². The zero-order valence-corrected chi connectivity index (χ0v) is 11.6. The maximum Gasteiger partial charge on any atom is 0.00397 e. The molecule has 16 heavy (non-hydrogen) atoms. The van der Waals surface area contributed by atoms with E-state index in [-0.39, 0.29) is 0 Å². The minimum absolute atomic E-state index is 0.960. The molecule has 0 saturated heterocycles. The van der Waals surface area contributed by atoms with E-state index in [9.17, 15) is 0 Å². The highest BCUT2D eigenvalue weighted by atomic mass is 32.1. The van der Waals surface area contributed by atoms with Crippen LogP contribution in [0.4, 0.5) is 0 Å². The maximum atomic E-state index is 4.18. The van der Waals surface area contributed by atoms with Crippen molar-refractivity contribution in [1.29, 1.82) is 0 Å². The summed E-state index contributed by atoms with van der Waals surface area (Å²) in [7, 11) is 0. The molecule has 1 fully saturated rings. The Bertz CT molecular complexity index is 142. The SMILES string of the molecule is SCCNCCCCCC1CCCCCC1. The molecule has 0 aliphatic heterocycles. The van der Waals surface area contributed by atoms with Gasteiger partial charge in [0.1, 0.15) is 0 Å². The Labute approximate surface area is 107 Å². The molecule has 1 aliphatic carbocycles. The van der Waals surface area contributed by atoms with Crippen molar-refractivity contribution in [3.05, 3.63) is 0 Å². The summed E-state index contributed by atoms with van der Waals surface area (Å²) in [6.45, 7) is 2.25. The summed E-state index contributed by atoms with van der Waals surface area (Å²) in [5.41, 5.74) is 0. The van der Waals surface area contributed by atoms with Crippen LogP contribution in [0, 0.1) is 5.92 Å². The highest BCUT2D eigenvalue weighted by molar-refractivity contribution is 7.80. The molecule has 0 unspecified atom stereocenters. The summed E-state index contributed by atoms with van der Waals surface area (Å²) in [4.78, 5) is 0. The summed E-state index contributed by atoms with van der Waals surface area (Å²) in [6.07, 6.45) is 14.7. The third-order valence-electron chi connectivity index (χ3n) is 3.73. The topological polar surface area (TPSA) is 12.0 Å². The Morgan fingerprint density at radius 3 is 2.31 bits per heavy atom. The van der Waals surface area contributed by atoms with E-state index in [1.54, 1.807) is 0 Å². The van der Waals surface area contributed by atoms with Crippen LogP contribution in [-0.2, 0) is 0 Å². The maximum absolute atomic E-state index is 4.18. The zero-order chi connectivity index (χ0) is 11.5. The largest absolute Gasteiger partial charge is 0.316 e. The number of thiol groups is 1. The Morgan fingerprint density at radius 1 is 0.875 bits per heavy atom. The van der Waals surface area contributed by atoms with Gasteiger partial charge in [-0.15, -0.1) is 0 Å². The second kappa shape index (κ2) is 10.5. The molecule has 1 N–H and O–H groups in total. The van der Waals surface area contributed by atoms with Crippen molar-refractivity contribution in [3.8, 4) is 0 Å². The fourth-order valence-electron chi connectivity index (χ4n) is 2.72. The molecule has 0 aromatic heterocycles. The van der Waals surface area contributed by atoms with Gasteiger partial charge < -0.3 is 5.32 Å².